The molecule has 0 fully saturated rings. The topological polar surface area (TPSA) is 76.7 Å². The second-order valence-corrected chi connectivity index (χ2v) is 6.32. The summed E-state index contributed by atoms with van der Waals surface area (Å²) in [4.78, 5) is 28.3. The number of carbonyl (C=O) groups is 2. The summed E-state index contributed by atoms with van der Waals surface area (Å²) in [6, 6.07) is 4.61. The zero-order chi connectivity index (χ0) is 23.4. The number of methoxy groups -OCH3 is 1. The number of hydrogen-bond donors (Lipinski definition) is 2. The van der Waals surface area contributed by atoms with Crippen LogP contribution < -0.4 is 15.5 Å². The molecule has 31 heavy (non-hydrogen) atoms. The third-order valence-electron chi connectivity index (χ3n) is 3.65. The van der Waals surface area contributed by atoms with E-state index in [2.05, 4.69) is 10.2 Å². The number of amides is 2. The van der Waals surface area contributed by atoms with Crippen molar-refractivity contribution in [3.8, 4) is 5.75 Å². The van der Waals surface area contributed by atoms with E-state index in [1.807, 2.05) is 0 Å². The highest BCUT2D eigenvalue weighted by Crippen LogP contribution is 2.36. The van der Waals surface area contributed by atoms with E-state index < -0.39 is 47.5 Å². The molecular weight excluding hydrogens is 458 g/mol. The number of anilines is 1. The van der Waals surface area contributed by atoms with Gasteiger partial charge >= 0.3 is 12.4 Å². The zero-order valence-electron chi connectivity index (χ0n) is 15.4. The molecule has 2 aromatic rings. The van der Waals surface area contributed by atoms with Crippen molar-refractivity contribution in [2.45, 2.75) is 12.4 Å². The Kier molecular flexibility index (Phi) is 7.39. The van der Waals surface area contributed by atoms with Gasteiger partial charge < -0.3 is 10.1 Å². The van der Waals surface area contributed by atoms with Gasteiger partial charge in [-0.1, -0.05) is 11.6 Å². The second kappa shape index (κ2) is 9.43. The molecule has 0 spiro atoms. The minimum absolute atomic E-state index is 0.120. The highest BCUT2D eigenvalue weighted by molar-refractivity contribution is 6.32. The highest BCUT2D eigenvalue weighted by atomic mass is 35.5. The van der Waals surface area contributed by atoms with Crippen LogP contribution in [0.25, 0.3) is 0 Å². The Morgan fingerprint density at radius 2 is 1.55 bits per heavy atom. The lowest BCUT2D eigenvalue weighted by atomic mass is 10.0. The second-order valence-electron chi connectivity index (χ2n) is 5.91. The van der Waals surface area contributed by atoms with Crippen molar-refractivity contribution in [3.63, 3.8) is 0 Å². The highest BCUT2D eigenvalue weighted by Gasteiger charge is 2.37. The molecule has 6 nitrogen and oxygen atoms in total. The lowest BCUT2D eigenvalue weighted by Gasteiger charge is -2.14. The molecule has 0 bridgehead atoms. The van der Waals surface area contributed by atoms with Crippen molar-refractivity contribution < 1.29 is 45.5 Å². The minimum atomic E-state index is -5.11. The molecule has 0 aliphatic rings. The van der Waals surface area contributed by atoms with Crippen LogP contribution in [-0.2, 0) is 22.0 Å². The Bertz CT molecular complexity index is 946. The quantitative estimate of drug-likeness (QED) is 0.474. The lowest BCUT2D eigenvalue weighted by molar-refractivity contribution is -0.143. The fraction of sp³-hybridized carbons (Fsp3) is 0.222. The number of alkyl halides is 6. The van der Waals surface area contributed by atoms with E-state index >= 15 is 0 Å². The van der Waals surface area contributed by atoms with Crippen molar-refractivity contribution in [1.82, 2.24) is 5.48 Å². The molecular formula is C18H13ClF6N2O4. The van der Waals surface area contributed by atoms with Crippen LogP contribution in [0.5, 0.6) is 5.75 Å². The van der Waals surface area contributed by atoms with Crippen LogP contribution in [0.2, 0.25) is 5.02 Å². The molecule has 0 radical (unpaired) electrons. The summed E-state index contributed by atoms with van der Waals surface area (Å²) >= 11 is 5.89. The van der Waals surface area contributed by atoms with Crippen LogP contribution >= 0.6 is 11.6 Å². The van der Waals surface area contributed by atoms with Gasteiger partial charge in [0.1, 0.15) is 5.75 Å². The smallest absolute Gasteiger partial charge is 0.416 e. The number of hydrogen-bond acceptors (Lipinski definition) is 4. The van der Waals surface area contributed by atoms with Gasteiger partial charge in [0, 0.05) is 11.3 Å². The lowest BCUT2D eigenvalue weighted by Crippen LogP contribution is -2.29. The van der Waals surface area contributed by atoms with E-state index in [1.54, 1.807) is 5.48 Å². The number of benzene rings is 2. The number of rotatable bonds is 6. The van der Waals surface area contributed by atoms with E-state index in [9.17, 15) is 35.9 Å². The van der Waals surface area contributed by atoms with Crippen molar-refractivity contribution in [3.05, 3.63) is 58.1 Å². The Morgan fingerprint density at radius 3 is 2.03 bits per heavy atom. The van der Waals surface area contributed by atoms with Gasteiger partial charge in [0.15, 0.2) is 6.61 Å². The van der Waals surface area contributed by atoms with Gasteiger partial charge in [-0.3, -0.25) is 14.4 Å². The Labute approximate surface area is 176 Å². The molecule has 0 atom stereocenters. The summed E-state index contributed by atoms with van der Waals surface area (Å²) in [5.41, 5.74) is -2.41. The molecule has 2 N–H and O–H groups in total. The van der Waals surface area contributed by atoms with Crippen molar-refractivity contribution in [2.75, 3.05) is 19.0 Å². The van der Waals surface area contributed by atoms with Gasteiger partial charge in [-0.2, -0.15) is 26.3 Å². The average Bonchev–Trinajstić information content (AvgIpc) is 2.66. The maximum Gasteiger partial charge on any atom is 0.416 e. The van der Waals surface area contributed by atoms with Gasteiger partial charge in [-0.15, -0.1) is 0 Å². The molecule has 0 heterocycles. The third kappa shape index (κ3) is 6.76. The monoisotopic (exact) mass is 470 g/mol. The van der Waals surface area contributed by atoms with Crippen LogP contribution in [0.3, 0.4) is 0 Å². The van der Waals surface area contributed by atoms with Crippen LogP contribution in [-0.4, -0.2) is 25.5 Å². The molecule has 0 aliphatic heterocycles. The van der Waals surface area contributed by atoms with Crippen molar-refractivity contribution in [1.29, 1.82) is 0 Å². The first kappa shape index (κ1) is 24.3. The van der Waals surface area contributed by atoms with E-state index in [0.29, 0.717) is 5.75 Å². The van der Waals surface area contributed by atoms with Gasteiger partial charge in [0.05, 0.1) is 23.3 Å². The van der Waals surface area contributed by atoms with Crippen molar-refractivity contribution >= 4 is 29.1 Å². The number of hydroxylamine groups is 1. The number of nitrogens with one attached hydrogen (secondary N) is 2. The van der Waals surface area contributed by atoms with Gasteiger partial charge in [-0.25, -0.2) is 5.48 Å². The maximum absolute atomic E-state index is 12.8. The summed E-state index contributed by atoms with van der Waals surface area (Å²) in [6.45, 7) is -0.791. The molecule has 0 aromatic heterocycles. The summed E-state index contributed by atoms with van der Waals surface area (Å²) in [5, 5.41) is 2.55. The average molecular weight is 471 g/mol. The number of carbonyl (C=O) groups excluding carboxylic acids is 2. The van der Waals surface area contributed by atoms with Crippen LogP contribution in [0, 0.1) is 0 Å². The van der Waals surface area contributed by atoms with E-state index in [1.165, 1.54) is 25.3 Å². The fourth-order valence-corrected chi connectivity index (χ4v) is 2.51. The molecule has 13 heteroatoms. The molecule has 2 aromatic carbocycles. The van der Waals surface area contributed by atoms with Gasteiger partial charge in [0.2, 0.25) is 0 Å². The Morgan fingerprint density at radius 1 is 0.968 bits per heavy atom. The molecule has 0 saturated carbocycles. The molecule has 2 amide bonds. The fourth-order valence-electron chi connectivity index (χ4n) is 2.25. The predicted octanol–water partition coefficient (Wildman–Crippen LogP) is 4.69. The Balaban J connectivity index is 2.02. The normalized spacial score (nSPS) is 11.7. The van der Waals surface area contributed by atoms with Crippen LogP contribution in [0.1, 0.15) is 21.5 Å². The summed E-state index contributed by atoms with van der Waals surface area (Å²) < 4.78 is 82.0. The SMILES string of the molecule is COc1ccc(NC(=O)CONC(=O)c2cc(C(F)(F)F)cc(C(F)(F)F)c2)cc1Cl. The summed E-state index contributed by atoms with van der Waals surface area (Å²) in [6.07, 6.45) is -10.2. The number of ether oxygens (including phenoxy) is 1. The van der Waals surface area contributed by atoms with Crippen molar-refractivity contribution in [2.24, 2.45) is 0 Å². The van der Waals surface area contributed by atoms with E-state index in [0.717, 1.165) is 0 Å². The largest absolute Gasteiger partial charge is 0.495 e. The predicted molar refractivity (Wildman–Crippen MR) is 96.5 cm³/mol. The first-order valence-corrected chi connectivity index (χ1v) is 8.54. The molecule has 0 unspecified atom stereocenters. The van der Waals surface area contributed by atoms with Crippen LogP contribution in [0.4, 0.5) is 32.0 Å². The first-order valence-electron chi connectivity index (χ1n) is 8.16. The number of halogens is 7. The molecule has 168 valence electrons. The molecule has 0 saturated heterocycles. The zero-order valence-corrected chi connectivity index (χ0v) is 16.2. The minimum Gasteiger partial charge on any atom is -0.495 e. The molecule has 2 rings (SSSR count). The Hall–Kier alpha value is -2.99. The summed E-state index contributed by atoms with van der Waals surface area (Å²) in [5.74, 6) is -1.85. The van der Waals surface area contributed by atoms with E-state index in [-0.39, 0.29) is 28.9 Å². The maximum atomic E-state index is 12.8. The van der Waals surface area contributed by atoms with E-state index in [4.69, 9.17) is 16.3 Å². The standard InChI is InChI=1S/C18H13ClF6N2O4/c1-30-14-3-2-12(7-13(14)19)26-15(28)8-31-27-16(29)9-4-10(17(20,21)22)6-11(5-9)18(23,24)25/h2-7H,8H2,1H3,(H,26,28)(H,27,29). The van der Waals surface area contributed by atoms with Gasteiger partial charge in [0.25, 0.3) is 11.8 Å². The summed E-state index contributed by atoms with van der Waals surface area (Å²) in [7, 11) is 1.39. The van der Waals surface area contributed by atoms with Gasteiger partial charge in [-0.05, 0) is 36.4 Å². The first-order chi connectivity index (χ1) is 14.3. The third-order valence-corrected chi connectivity index (χ3v) is 3.95. The molecule has 0 aliphatic carbocycles. The van der Waals surface area contributed by atoms with Crippen LogP contribution in [0.15, 0.2) is 36.4 Å².